The van der Waals surface area contributed by atoms with Crippen LogP contribution in [0.25, 0.3) is 49.8 Å². The van der Waals surface area contributed by atoms with Gasteiger partial charge in [-0.2, -0.15) is 5.10 Å². The van der Waals surface area contributed by atoms with Crippen LogP contribution in [0.1, 0.15) is 5.69 Å². The van der Waals surface area contributed by atoms with Crippen LogP contribution in [0.15, 0.2) is 86.4 Å². The molecule has 5 aromatic heterocycles. The van der Waals surface area contributed by atoms with E-state index in [9.17, 15) is 4.39 Å². The third kappa shape index (κ3) is 3.51. The van der Waals surface area contributed by atoms with Crippen LogP contribution in [0.3, 0.4) is 0 Å². The lowest BCUT2D eigenvalue weighted by Crippen LogP contribution is -1.98. The van der Waals surface area contributed by atoms with Crippen molar-refractivity contribution in [1.29, 1.82) is 0 Å². The van der Waals surface area contributed by atoms with Gasteiger partial charge in [-0.05, 0) is 30.3 Å². The minimum absolute atomic E-state index is 0.220. The Labute approximate surface area is 194 Å². The normalized spacial score (nSPS) is 12.1. The number of aromatic nitrogens is 6. The minimum Gasteiger partial charge on any atom is -0.383 e. The Morgan fingerprint density at radius 3 is 2.50 bits per heavy atom. The molecule has 34 heavy (non-hydrogen) atoms. The summed E-state index contributed by atoms with van der Waals surface area (Å²) in [6, 6.07) is 7.44. The summed E-state index contributed by atoms with van der Waals surface area (Å²) < 4.78 is 16.3. The fraction of sp³-hybridized carbons (Fsp3) is 0.0385. The maximum Gasteiger partial charge on any atom is 0.160 e. The maximum absolute atomic E-state index is 14.6. The van der Waals surface area contributed by atoms with Gasteiger partial charge < -0.3 is 5.73 Å². The van der Waals surface area contributed by atoms with Crippen LogP contribution in [0.2, 0.25) is 0 Å². The molecular weight excluding hydrogens is 429 g/mol. The number of anilines is 1. The zero-order chi connectivity index (χ0) is 23.8. The van der Waals surface area contributed by atoms with Crippen LogP contribution in [0.4, 0.5) is 10.2 Å². The summed E-state index contributed by atoms with van der Waals surface area (Å²) in [6.07, 6.45) is 11.3. The highest BCUT2D eigenvalue weighted by Crippen LogP contribution is 2.36. The molecule has 5 aromatic rings. The molecule has 5 rings (SSSR count). The van der Waals surface area contributed by atoms with E-state index in [1.54, 1.807) is 35.5 Å². The average Bonchev–Trinajstić information content (AvgIpc) is 3.30. The first-order chi connectivity index (χ1) is 16.5. The Morgan fingerprint density at radius 1 is 0.971 bits per heavy atom. The van der Waals surface area contributed by atoms with Crippen molar-refractivity contribution in [2.24, 2.45) is 7.05 Å². The number of nitrogen functional groups attached to an aromatic ring is 1. The topological polar surface area (TPSA) is 95.4 Å². The molecule has 0 amide bonds. The predicted molar refractivity (Wildman–Crippen MR) is 133 cm³/mol. The van der Waals surface area contributed by atoms with Gasteiger partial charge in [0.05, 0.1) is 17.6 Å². The summed E-state index contributed by atoms with van der Waals surface area (Å²) in [5.41, 5.74) is 10.3. The summed E-state index contributed by atoms with van der Waals surface area (Å²) in [7, 11) is 1.85. The van der Waals surface area contributed by atoms with Crippen molar-refractivity contribution in [3.05, 3.63) is 92.1 Å². The molecule has 0 unspecified atom stereocenters. The number of fused-ring (bicyclic) bond motifs is 2. The van der Waals surface area contributed by atoms with Crippen molar-refractivity contribution < 1.29 is 4.39 Å². The monoisotopic (exact) mass is 449 g/mol. The first-order valence-electron chi connectivity index (χ1n) is 10.4. The van der Waals surface area contributed by atoms with Crippen LogP contribution < -0.4 is 5.73 Å². The van der Waals surface area contributed by atoms with Gasteiger partial charge in [-0.1, -0.05) is 19.2 Å². The quantitative estimate of drug-likeness (QED) is 0.367. The van der Waals surface area contributed by atoms with Crippen molar-refractivity contribution in [3.63, 3.8) is 0 Å². The van der Waals surface area contributed by atoms with Crippen molar-refractivity contribution in [2.45, 2.75) is 0 Å². The van der Waals surface area contributed by atoms with Crippen molar-refractivity contribution >= 4 is 33.2 Å². The second-order valence-electron chi connectivity index (χ2n) is 7.67. The zero-order valence-electron chi connectivity index (χ0n) is 18.4. The van der Waals surface area contributed by atoms with E-state index in [1.165, 1.54) is 6.08 Å². The van der Waals surface area contributed by atoms with E-state index < -0.39 is 5.83 Å². The fourth-order valence-electron chi connectivity index (χ4n) is 3.94. The molecule has 0 bridgehead atoms. The van der Waals surface area contributed by atoms with E-state index in [0.717, 1.165) is 38.9 Å². The maximum atomic E-state index is 14.6. The molecule has 0 aromatic carbocycles. The Hall–Kier alpha value is -4.72. The highest BCUT2D eigenvalue weighted by molar-refractivity contribution is 6.06. The molecule has 0 aliphatic carbocycles. The van der Waals surface area contributed by atoms with Gasteiger partial charge in [-0.3, -0.25) is 9.67 Å². The summed E-state index contributed by atoms with van der Waals surface area (Å²) in [5.74, 6) is -0.127. The number of allylic oxidation sites excluding steroid dienone is 4. The van der Waals surface area contributed by atoms with Gasteiger partial charge in [0.25, 0.3) is 0 Å². The summed E-state index contributed by atoms with van der Waals surface area (Å²) in [4.78, 5) is 18.1. The molecule has 0 saturated heterocycles. The molecule has 0 aliphatic heterocycles. The van der Waals surface area contributed by atoms with E-state index in [0.29, 0.717) is 22.9 Å². The van der Waals surface area contributed by atoms with E-state index in [2.05, 4.69) is 38.2 Å². The number of nitrogens with zero attached hydrogens (tertiary/aromatic N) is 6. The molecule has 8 heteroatoms. The Bertz CT molecular complexity index is 1630. The molecule has 0 atom stereocenters. The van der Waals surface area contributed by atoms with Crippen molar-refractivity contribution in [3.8, 4) is 22.4 Å². The number of hydrogen-bond donors (Lipinski definition) is 1. The molecule has 166 valence electrons. The Morgan fingerprint density at radius 2 is 1.76 bits per heavy atom. The molecule has 5 heterocycles. The van der Waals surface area contributed by atoms with E-state index in [1.807, 2.05) is 31.4 Å². The van der Waals surface area contributed by atoms with Crippen LogP contribution in [-0.2, 0) is 7.05 Å². The van der Waals surface area contributed by atoms with Crippen LogP contribution in [-0.4, -0.2) is 29.7 Å². The second kappa shape index (κ2) is 8.32. The molecule has 0 fully saturated rings. The largest absolute Gasteiger partial charge is 0.383 e. The lowest BCUT2D eigenvalue weighted by atomic mass is 9.98. The highest BCUT2D eigenvalue weighted by atomic mass is 19.1. The first-order valence-corrected chi connectivity index (χ1v) is 10.4. The number of aryl methyl sites for hydroxylation is 1. The summed E-state index contributed by atoms with van der Waals surface area (Å²) in [6.45, 7) is 7.28. The Kier molecular flexibility index (Phi) is 5.18. The summed E-state index contributed by atoms with van der Waals surface area (Å²) >= 11 is 0. The third-order valence-electron chi connectivity index (χ3n) is 5.60. The Balaban J connectivity index is 1.88. The number of nitrogens with two attached hydrogens (primary N) is 1. The van der Waals surface area contributed by atoms with Crippen molar-refractivity contribution in [1.82, 2.24) is 29.7 Å². The summed E-state index contributed by atoms with van der Waals surface area (Å²) in [5, 5.41) is 6.59. The number of pyridine rings is 4. The van der Waals surface area contributed by atoms with E-state index in [-0.39, 0.29) is 5.57 Å². The van der Waals surface area contributed by atoms with E-state index in [4.69, 9.17) is 5.73 Å². The smallest absolute Gasteiger partial charge is 0.160 e. The van der Waals surface area contributed by atoms with E-state index >= 15 is 0 Å². The predicted octanol–water partition coefficient (Wildman–Crippen LogP) is 5.28. The van der Waals surface area contributed by atoms with Crippen LogP contribution in [0.5, 0.6) is 0 Å². The van der Waals surface area contributed by atoms with Gasteiger partial charge in [0, 0.05) is 70.3 Å². The van der Waals surface area contributed by atoms with Crippen LogP contribution in [0, 0.1) is 0 Å². The van der Waals surface area contributed by atoms with Gasteiger partial charge in [0.1, 0.15) is 11.6 Å². The third-order valence-corrected chi connectivity index (χ3v) is 5.60. The number of halogens is 1. The molecule has 0 saturated carbocycles. The second-order valence-corrected chi connectivity index (χ2v) is 7.67. The number of hydrogen-bond acceptors (Lipinski definition) is 6. The average molecular weight is 449 g/mol. The lowest BCUT2D eigenvalue weighted by molar-refractivity contribution is 0.671. The fourth-order valence-corrected chi connectivity index (χ4v) is 3.94. The molecule has 0 radical (unpaired) electrons. The molecular formula is C26H20FN7. The first kappa shape index (κ1) is 21.1. The SMILES string of the molecule is C=C/C(F)=C(\C=C)c1cc(-c2nccc3c(N)nccc23)c2cc(-c3cnn(C)c3)cnc2n1. The molecule has 2 N–H and O–H groups in total. The number of rotatable bonds is 5. The molecule has 0 spiro atoms. The lowest BCUT2D eigenvalue weighted by Gasteiger charge is -2.13. The highest BCUT2D eigenvalue weighted by Gasteiger charge is 2.17. The van der Waals surface area contributed by atoms with Gasteiger partial charge in [-0.25, -0.2) is 19.3 Å². The van der Waals surface area contributed by atoms with Gasteiger partial charge in [-0.15, -0.1) is 0 Å². The molecule has 0 aliphatic rings. The van der Waals surface area contributed by atoms with Gasteiger partial charge in [0.2, 0.25) is 0 Å². The van der Waals surface area contributed by atoms with Gasteiger partial charge in [0.15, 0.2) is 5.65 Å². The minimum atomic E-state index is -0.529. The van der Waals surface area contributed by atoms with Crippen molar-refractivity contribution in [2.75, 3.05) is 5.73 Å². The zero-order valence-corrected chi connectivity index (χ0v) is 18.4. The molecule has 7 nitrogen and oxygen atoms in total. The standard InChI is InChI=1S/C26H20FN7/c1-4-17(22(27)5-2)23-11-20(24-18-6-9-30-25(28)19(18)7-8-29-24)21-10-15(12-31-26(21)33-23)16-13-32-34(3)14-16/h4-14H,1-2H2,3H3,(H2,28,30)/b22-17-. The van der Waals surface area contributed by atoms with Crippen LogP contribution >= 0.6 is 0 Å². The van der Waals surface area contributed by atoms with Gasteiger partial charge >= 0.3 is 0 Å².